The van der Waals surface area contributed by atoms with E-state index < -0.39 is 15.9 Å². The Hall–Kier alpha value is -2.65. The lowest BCUT2D eigenvalue weighted by Crippen LogP contribution is -2.42. The van der Waals surface area contributed by atoms with Crippen LogP contribution >= 0.6 is 0 Å². The fourth-order valence-corrected chi connectivity index (χ4v) is 6.11. The standard InChI is InChI=1S/C24H34N4O4S/c1-6-28(7-2)33(31,32)19-13-22(26(5)16-19)23(29)25-21-11-9-8-10-20(21)24(30)27-14-17(3)12-18(4)15-27/h8-11,13,16-18H,6-7,12,14-15H2,1-5H3,(H,25,29). The zero-order chi connectivity index (χ0) is 24.3. The van der Waals surface area contributed by atoms with Gasteiger partial charge in [-0.05, 0) is 36.5 Å². The van der Waals surface area contributed by atoms with E-state index in [2.05, 4.69) is 19.2 Å². The Balaban J connectivity index is 1.85. The summed E-state index contributed by atoms with van der Waals surface area (Å²) in [4.78, 5) is 28.2. The Kier molecular flexibility index (Phi) is 7.64. The first-order valence-corrected chi connectivity index (χ1v) is 12.9. The molecule has 0 spiro atoms. The Morgan fingerprint density at radius 1 is 1.09 bits per heavy atom. The van der Waals surface area contributed by atoms with Crippen LogP contribution in [0.2, 0.25) is 0 Å². The van der Waals surface area contributed by atoms with Crippen molar-refractivity contribution < 1.29 is 18.0 Å². The van der Waals surface area contributed by atoms with E-state index in [4.69, 9.17) is 0 Å². The molecule has 1 aliphatic rings. The molecule has 1 fully saturated rings. The predicted molar refractivity (Wildman–Crippen MR) is 129 cm³/mol. The maximum Gasteiger partial charge on any atom is 0.272 e. The minimum atomic E-state index is -3.68. The molecule has 2 amide bonds. The van der Waals surface area contributed by atoms with E-state index in [0.29, 0.717) is 49.3 Å². The maximum absolute atomic E-state index is 13.3. The maximum atomic E-state index is 13.3. The number of hydrogen-bond acceptors (Lipinski definition) is 4. The lowest BCUT2D eigenvalue weighted by atomic mass is 9.91. The number of likely N-dealkylation sites (tertiary alicyclic amines) is 1. The molecular formula is C24H34N4O4S. The summed E-state index contributed by atoms with van der Waals surface area (Å²) in [5.41, 5.74) is 1.04. The molecule has 3 rings (SSSR count). The van der Waals surface area contributed by atoms with Gasteiger partial charge in [0.05, 0.1) is 11.3 Å². The Morgan fingerprint density at radius 3 is 2.30 bits per heavy atom. The van der Waals surface area contributed by atoms with E-state index in [-0.39, 0.29) is 16.5 Å². The highest BCUT2D eigenvalue weighted by Gasteiger charge is 2.29. The lowest BCUT2D eigenvalue weighted by molar-refractivity contribution is 0.0624. The molecule has 9 heteroatoms. The third-order valence-electron chi connectivity index (χ3n) is 6.12. The van der Waals surface area contributed by atoms with Crippen molar-refractivity contribution in [3.05, 3.63) is 47.8 Å². The highest BCUT2D eigenvalue weighted by Crippen LogP contribution is 2.26. The van der Waals surface area contributed by atoms with Crippen molar-refractivity contribution in [1.82, 2.24) is 13.8 Å². The Labute approximate surface area is 196 Å². The Bertz CT molecular complexity index is 1110. The van der Waals surface area contributed by atoms with E-state index in [9.17, 15) is 18.0 Å². The third kappa shape index (κ3) is 5.30. The van der Waals surface area contributed by atoms with Crippen molar-refractivity contribution in [2.75, 3.05) is 31.5 Å². The summed E-state index contributed by atoms with van der Waals surface area (Å²) in [6.45, 7) is 9.90. The molecule has 1 saturated heterocycles. The molecular weight excluding hydrogens is 440 g/mol. The number of piperidine rings is 1. The second kappa shape index (κ2) is 10.1. The van der Waals surface area contributed by atoms with Crippen LogP contribution in [0.4, 0.5) is 5.69 Å². The van der Waals surface area contributed by atoms with Gasteiger partial charge in [0.15, 0.2) is 0 Å². The quantitative estimate of drug-likeness (QED) is 0.666. The topological polar surface area (TPSA) is 91.7 Å². The number of nitrogens with zero attached hydrogens (tertiary/aromatic N) is 3. The fourth-order valence-electron chi connectivity index (χ4n) is 4.58. The predicted octanol–water partition coefficient (Wildman–Crippen LogP) is 3.43. The molecule has 0 radical (unpaired) electrons. The summed E-state index contributed by atoms with van der Waals surface area (Å²) in [7, 11) is -2.06. The molecule has 0 bridgehead atoms. The monoisotopic (exact) mass is 474 g/mol. The van der Waals surface area contributed by atoms with Gasteiger partial charge >= 0.3 is 0 Å². The van der Waals surface area contributed by atoms with Crippen molar-refractivity contribution in [3.63, 3.8) is 0 Å². The van der Waals surface area contributed by atoms with Crippen LogP contribution in [0.25, 0.3) is 0 Å². The highest BCUT2D eigenvalue weighted by atomic mass is 32.2. The van der Waals surface area contributed by atoms with Gasteiger partial charge in [0.1, 0.15) is 10.6 Å². The first-order chi connectivity index (χ1) is 15.6. The van der Waals surface area contributed by atoms with Crippen LogP contribution in [-0.2, 0) is 17.1 Å². The van der Waals surface area contributed by atoms with Gasteiger partial charge in [0, 0.05) is 39.4 Å². The number of aromatic nitrogens is 1. The second-order valence-electron chi connectivity index (χ2n) is 8.92. The Morgan fingerprint density at radius 2 is 1.70 bits per heavy atom. The zero-order valence-corrected chi connectivity index (χ0v) is 20.9. The number of anilines is 1. The molecule has 2 unspecified atom stereocenters. The van der Waals surface area contributed by atoms with Crippen LogP contribution in [0.15, 0.2) is 41.4 Å². The smallest absolute Gasteiger partial charge is 0.272 e. The number of amides is 2. The number of sulfonamides is 1. The minimum Gasteiger partial charge on any atom is -0.345 e. The number of nitrogens with one attached hydrogen (secondary N) is 1. The molecule has 33 heavy (non-hydrogen) atoms. The number of rotatable bonds is 7. The van der Waals surface area contributed by atoms with Crippen LogP contribution < -0.4 is 5.32 Å². The first-order valence-electron chi connectivity index (χ1n) is 11.4. The molecule has 1 N–H and O–H groups in total. The summed E-state index contributed by atoms with van der Waals surface area (Å²) in [6, 6.07) is 8.31. The van der Waals surface area contributed by atoms with E-state index in [1.54, 1.807) is 45.2 Å². The van der Waals surface area contributed by atoms with Crippen LogP contribution in [0, 0.1) is 11.8 Å². The van der Waals surface area contributed by atoms with Gasteiger partial charge < -0.3 is 14.8 Å². The highest BCUT2D eigenvalue weighted by molar-refractivity contribution is 7.89. The van der Waals surface area contributed by atoms with Gasteiger partial charge in [0.2, 0.25) is 10.0 Å². The normalized spacial score (nSPS) is 19.0. The van der Waals surface area contributed by atoms with Crippen molar-refractivity contribution in [1.29, 1.82) is 0 Å². The summed E-state index contributed by atoms with van der Waals surface area (Å²) >= 11 is 0. The molecule has 180 valence electrons. The lowest BCUT2D eigenvalue weighted by Gasteiger charge is -2.35. The fraction of sp³-hybridized carbons (Fsp3) is 0.500. The van der Waals surface area contributed by atoms with Crippen LogP contribution in [0.3, 0.4) is 0 Å². The van der Waals surface area contributed by atoms with Crippen molar-refractivity contribution >= 4 is 27.5 Å². The first kappa shape index (κ1) is 25.0. The van der Waals surface area contributed by atoms with E-state index in [0.717, 1.165) is 6.42 Å². The average molecular weight is 475 g/mol. The SMILES string of the molecule is CCN(CC)S(=O)(=O)c1cc(C(=O)Nc2ccccc2C(=O)N2CC(C)CC(C)C2)n(C)c1. The van der Waals surface area contributed by atoms with Gasteiger partial charge in [-0.25, -0.2) is 8.42 Å². The number of para-hydroxylation sites is 1. The number of hydrogen-bond donors (Lipinski definition) is 1. The summed E-state index contributed by atoms with van der Waals surface area (Å²) in [5.74, 6) is 0.267. The summed E-state index contributed by atoms with van der Waals surface area (Å²) in [6.07, 6.45) is 2.53. The molecule has 1 aromatic heterocycles. The zero-order valence-electron chi connectivity index (χ0n) is 20.0. The van der Waals surface area contributed by atoms with E-state index >= 15 is 0 Å². The van der Waals surface area contributed by atoms with Gasteiger partial charge in [-0.1, -0.05) is 39.8 Å². The second-order valence-corrected chi connectivity index (χ2v) is 10.9. The van der Waals surface area contributed by atoms with Crippen LogP contribution in [0.5, 0.6) is 0 Å². The summed E-state index contributed by atoms with van der Waals surface area (Å²) in [5, 5.41) is 2.82. The molecule has 1 aromatic carbocycles. The number of aryl methyl sites for hydroxylation is 1. The minimum absolute atomic E-state index is 0.0690. The molecule has 2 heterocycles. The van der Waals surface area contributed by atoms with E-state index in [1.807, 2.05) is 4.90 Å². The van der Waals surface area contributed by atoms with Gasteiger partial charge in [-0.2, -0.15) is 4.31 Å². The van der Waals surface area contributed by atoms with Gasteiger partial charge in [0.25, 0.3) is 11.8 Å². The molecule has 2 atom stereocenters. The van der Waals surface area contributed by atoms with Gasteiger partial charge in [-0.15, -0.1) is 0 Å². The summed E-state index contributed by atoms with van der Waals surface area (Å²) < 4.78 is 28.5. The average Bonchev–Trinajstić information content (AvgIpc) is 3.16. The third-order valence-corrected chi connectivity index (χ3v) is 8.13. The van der Waals surface area contributed by atoms with Gasteiger partial charge in [-0.3, -0.25) is 9.59 Å². The van der Waals surface area contributed by atoms with Crippen molar-refractivity contribution in [2.24, 2.45) is 18.9 Å². The van der Waals surface area contributed by atoms with Crippen molar-refractivity contribution in [2.45, 2.75) is 39.0 Å². The molecule has 1 aliphatic heterocycles. The molecule has 0 aliphatic carbocycles. The van der Waals surface area contributed by atoms with Crippen LogP contribution in [0.1, 0.15) is 55.0 Å². The molecule has 2 aromatic rings. The molecule has 0 saturated carbocycles. The van der Waals surface area contributed by atoms with Crippen LogP contribution in [-0.4, -0.2) is 60.2 Å². The van der Waals surface area contributed by atoms with Crippen molar-refractivity contribution in [3.8, 4) is 0 Å². The number of benzene rings is 1. The largest absolute Gasteiger partial charge is 0.345 e. The van der Waals surface area contributed by atoms with E-state index in [1.165, 1.54) is 21.1 Å². The number of carbonyl (C=O) groups excluding carboxylic acids is 2. The molecule has 8 nitrogen and oxygen atoms in total. The number of carbonyl (C=O) groups is 2.